The summed E-state index contributed by atoms with van der Waals surface area (Å²) in [5.41, 5.74) is 8.88. The number of fused-ring (bicyclic) bond motifs is 1. The predicted molar refractivity (Wildman–Crippen MR) is 61.0 cm³/mol. The minimum Gasteiger partial charge on any atom is -0.351 e. The SMILES string of the molecule is C=C(CN)c1ccc2ccn(C)c2c1. The molecule has 14 heavy (non-hydrogen) atoms. The van der Waals surface area contributed by atoms with Gasteiger partial charge in [-0.1, -0.05) is 18.7 Å². The van der Waals surface area contributed by atoms with Crippen LogP contribution in [0.25, 0.3) is 16.5 Å². The van der Waals surface area contributed by atoms with Crippen molar-refractivity contribution < 1.29 is 0 Å². The lowest BCUT2D eigenvalue weighted by Gasteiger charge is -2.03. The molecule has 0 fully saturated rings. The van der Waals surface area contributed by atoms with Crippen molar-refractivity contribution in [2.45, 2.75) is 0 Å². The van der Waals surface area contributed by atoms with Crippen LogP contribution in [0.2, 0.25) is 0 Å². The van der Waals surface area contributed by atoms with Gasteiger partial charge in [0.25, 0.3) is 0 Å². The fourth-order valence-corrected chi connectivity index (χ4v) is 1.60. The Morgan fingerprint density at radius 3 is 2.93 bits per heavy atom. The van der Waals surface area contributed by atoms with Gasteiger partial charge < -0.3 is 10.3 Å². The van der Waals surface area contributed by atoms with Crippen molar-refractivity contribution in [3.63, 3.8) is 0 Å². The maximum Gasteiger partial charge on any atom is 0.0483 e. The molecule has 1 aromatic carbocycles. The fraction of sp³-hybridized carbons (Fsp3) is 0.167. The molecule has 2 nitrogen and oxygen atoms in total. The molecule has 0 aliphatic carbocycles. The third kappa shape index (κ3) is 1.34. The highest BCUT2D eigenvalue weighted by atomic mass is 14.9. The van der Waals surface area contributed by atoms with E-state index in [1.807, 2.05) is 7.05 Å². The van der Waals surface area contributed by atoms with Gasteiger partial charge in [-0.2, -0.15) is 0 Å². The molecule has 2 heteroatoms. The molecule has 0 atom stereocenters. The molecular weight excluding hydrogens is 172 g/mol. The van der Waals surface area contributed by atoms with Crippen molar-refractivity contribution in [3.05, 3.63) is 42.6 Å². The Morgan fingerprint density at radius 1 is 1.43 bits per heavy atom. The van der Waals surface area contributed by atoms with Crippen LogP contribution in [0, 0.1) is 0 Å². The molecule has 0 saturated carbocycles. The Hall–Kier alpha value is -1.54. The zero-order chi connectivity index (χ0) is 10.1. The minimum atomic E-state index is 0.510. The van der Waals surface area contributed by atoms with Crippen LogP contribution in [0.15, 0.2) is 37.0 Å². The highest BCUT2D eigenvalue weighted by molar-refractivity contribution is 5.84. The van der Waals surface area contributed by atoms with Gasteiger partial charge in [0.15, 0.2) is 0 Å². The lowest BCUT2D eigenvalue weighted by atomic mass is 10.1. The van der Waals surface area contributed by atoms with Crippen LogP contribution < -0.4 is 5.73 Å². The van der Waals surface area contributed by atoms with Gasteiger partial charge in [-0.3, -0.25) is 0 Å². The Kier molecular flexibility index (Phi) is 2.14. The van der Waals surface area contributed by atoms with E-state index in [0.29, 0.717) is 6.54 Å². The van der Waals surface area contributed by atoms with E-state index in [-0.39, 0.29) is 0 Å². The normalized spacial score (nSPS) is 10.7. The third-order valence-electron chi connectivity index (χ3n) is 2.54. The van der Waals surface area contributed by atoms with Gasteiger partial charge in [-0.05, 0) is 28.7 Å². The van der Waals surface area contributed by atoms with Gasteiger partial charge in [-0.15, -0.1) is 0 Å². The van der Waals surface area contributed by atoms with Crippen LogP contribution in [0.1, 0.15) is 5.56 Å². The Balaban J connectivity index is 2.60. The van der Waals surface area contributed by atoms with E-state index in [2.05, 4.69) is 41.6 Å². The first kappa shape index (κ1) is 9.03. The predicted octanol–water partition coefficient (Wildman–Crippen LogP) is 2.15. The number of nitrogens with zero attached hydrogens (tertiary/aromatic N) is 1. The zero-order valence-electron chi connectivity index (χ0n) is 8.33. The number of aromatic nitrogens is 1. The molecule has 0 aliphatic rings. The van der Waals surface area contributed by atoms with Crippen molar-refractivity contribution >= 4 is 16.5 Å². The molecule has 0 aliphatic heterocycles. The standard InChI is InChI=1S/C12H14N2/c1-9(8-13)11-4-3-10-5-6-14(2)12(10)7-11/h3-7H,1,8,13H2,2H3. The second-order valence-electron chi connectivity index (χ2n) is 3.51. The van der Waals surface area contributed by atoms with Crippen LogP contribution in [0.5, 0.6) is 0 Å². The molecule has 72 valence electrons. The van der Waals surface area contributed by atoms with Gasteiger partial charge in [-0.25, -0.2) is 0 Å². The van der Waals surface area contributed by atoms with E-state index in [4.69, 9.17) is 5.73 Å². The van der Waals surface area contributed by atoms with Crippen LogP contribution in [0.3, 0.4) is 0 Å². The molecule has 0 saturated heterocycles. The van der Waals surface area contributed by atoms with Gasteiger partial charge in [0.1, 0.15) is 0 Å². The summed E-state index contributed by atoms with van der Waals surface area (Å²) in [5.74, 6) is 0. The second-order valence-corrected chi connectivity index (χ2v) is 3.51. The summed E-state index contributed by atoms with van der Waals surface area (Å²) < 4.78 is 2.10. The molecule has 0 spiro atoms. The van der Waals surface area contributed by atoms with Crippen LogP contribution in [-0.4, -0.2) is 11.1 Å². The molecular formula is C12H14N2. The monoisotopic (exact) mass is 186 g/mol. The molecule has 2 aromatic rings. The van der Waals surface area contributed by atoms with Crippen LogP contribution in [0.4, 0.5) is 0 Å². The zero-order valence-corrected chi connectivity index (χ0v) is 8.33. The molecule has 0 bridgehead atoms. The maximum atomic E-state index is 5.56. The molecule has 1 heterocycles. The van der Waals surface area contributed by atoms with E-state index in [0.717, 1.165) is 11.1 Å². The Morgan fingerprint density at radius 2 is 2.21 bits per heavy atom. The summed E-state index contributed by atoms with van der Waals surface area (Å²) in [6.07, 6.45) is 2.06. The highest BCUT2D eigenvalue weighted by Gasteiger charge is 2.01. The highest BCUT2D eigenvalue weighted by Crippen LogP contribution is 2.20. The number of benzene rings is 1. The van der Waals surface area contributed by atoms with E-state index in [1.165, 1.54) is 10.9 Å². The van der Waals surface area contributed by atoms with Crippen LogP contribution in [-0.2, 0) is 7.05 Å². The lowest BCUT2D eigenvalue weighted by Crippen LogP contribution is -2.00. The number of hydrogen-bond donors (Lipinski definition) is 1. The number of nitrogens with two attached hydrogens (primary N) is 1. The summed E-state index contributed by atoms with van der Waals surface area (Å²) in [6.45, 7) is 4.44. The van der Waals surface area contributed by atoms with Crippen molar-refractivity contribution in [1.82, 2.24) is 4.57 Å². The van der Waals surface area contributed by atoms with Gasteiger partial charge in [0, 0.05) is 25.3 Å². The average molecular weight is 186 g/mol. The summed E-state index contributed by atoms with van der Waals surface area (Å²) in [4.78, 5) is 0. The van der Waals surface area contributed by atoms with Gasteiger partial charge in [0.05, 0.1) is 0 Å². The molecule has 0 unspecified atom stereocenters. The largest absolute Gasteiger partial charge is 0.351 e. The number of rotatable bonds is 2. The third-order valence-corrected chi connectivity index (χ3v) is 2.54. The topological polar surface area (TPSA) is 30.9 Å². The first-order valence-electron chi connectivity index (χ1n) is 4.65. The lowest BCUT2D eigenvalue weighted by molar-refractivity contribution is 0.969. The fourth-order valence-electron chi connectivity index (χ4n) is 1.60. The van der Waals surface area contributed by atoms with E-state index >= 15 is 0 Å². The van der Waals surface area contributed by atoms with Crippen molar-refractivity contribution in [1.29, 1.82) is 0 Å². The first-order chi connectivity index (χ1) is 6.72. The Labute approximate surface area is 83.6 Å². The van der Waals surface area contributed by atoms with Crippen molar-refractivity contribution in [2.75, 3.05) is 6.54 Å². The van der Waals surface area contributed by atoms with E-state index in [9.17, 15) is 0 Å². The van der Waals surface area contributed by atoms with Crippen molar-refractivity contribution in [2.24, 2.45) is 12.8 Å². The Bertz CT molecular complexity index is 480. The summed E-state index contributed by atoms with van der Waals surface area (Å²) in [7, 11) is 2.04. The molecule has 1 aromatic heterocycles. The molecule has 0 radical (unpaired) electrons. The number of aryl methyl sites for hydroxylation is 1. The van der Waals surface area contributed by atoms with E-state index in [1.54, 1.807) is 0 Å². The average Bonchev–Trinajstić information content (AvgIpc) is 2.59. The van der Waals surface area contributed by atoms with Gasteiger partial charge >= 0.3 is 0 Å². The second kappa shape index (κ2) is 3.31. The van der Waals surface area contributed by atoms with E-state index < -0.39 is 0 Å². The van der Waals surface area contributed by atoms with Crippen LogP contribution >= 0.6 is 0 Å². The summed E-state index contributed by atoms with van der Waals surface area (Å²) >= 11 is 0. The summed E-state index contributed by atoms with van der Waals surface area (Å²) in [6, 6.07) is 8.40. The molecule has 0 amide bonds. The summed E-state index contributed by atoms with van der Waals surface area (Å²) in [5, 5.41) is 1.25. The van der Waals surface area contributed by atoms with Crippen molar-refractivity contribution in [3.8, 4) is 0 Å². The molecule has 2 rings (SSSR count). The maximum absolute atomic E-state index is 5.56. The smallest absolute Gasteiger partial charge is 0.0483 e. The number of hydrogen-bond acceptors (Lipinski definition) is 1. The minimum absolute atomic E-state index is 0.510. The first-order valence-corrected chi connectivity index (χ1v) is 4.65. The quantitative estimate of drug-likeness (QED) is 0.765. The van der Waals surface area contributed by atoms with Gasteiger partial charge in [0.2, 0.25) is 0 Å². The molecule has 2 N–H and O–H groups in total.